The molecule has 32 heavy (non-hydrogen) atoms. The molecule has 0 aromatic heterocycles. The van der Waals surface area contributed by atoms with Gasteiger partial charge in [0.15, 0.2) is 0 Å². The maximum Gasteiger partial charge on any atom is 0.395 e. The first-order valence-electron chi connectivity index (χ1n) is 9.59. The van der Waals surface area contributed by atoms with Gasteiger partial charge in [-0.1, -0.05) is 72.8 Å². The van der Waals surface area contributed by atoms with Crippen molar-refractivity contribution in [2.75, 3.05) is 0 Å². The zero-order chi connectivity index (χ0) is 22.8. The average molecular weight is 448 g/mol. The second-order valence-corrected chi connectivity index (χ2v) is 7.50. The number of fused-ring (bicyclic) bond motifs is 2. The molecule has 0 heterocycles. The van der Waals surface area contributed by atoms with Gasteiger partial charge in [0.2, 0.25) is 0 Å². The summed E-state index contributed by atoms with van der Waals surface area (Å²) >= 11 is 0. The largest absolute Gasteiger partial charge is 0.446 e. The SMILES string of the molecule is FC1(F)C(F)(F)[C@](F)(Oc2cccc3ccccc23)C1(F)Oc1cccc2ccccc12. The highest BCUT2D eigenvalue weighted by atomic mass is 19.3. The Balaban J connectivity index is 1.62. The lowest BCUT2D eigenvalue weighted by molar-refractivity contribution is -0.527. The standard InChI is InChI=1S/C24H14F6O2/c25-21(26)22(27,28)24(30,32-20-14-6-10-16-8-2-4-12-18(16)20)23(21,29)31-19-13-5-9-15-7-1-3-11-17(15)19/h1-14H/t23-,24?/m0/s1. The van der Waals surface area contributed by atoms with Crippen molar-refractivity contribution in [3.05, 3.63) is 84.9 Å². The van der Waals surface area contributed by atoms with Gasteiger partial charge in [0.1, 0.15) is 11.5 Å². The lowest BCUT2D eigenvalue weighted by Gasteiger charge is -2.55. The quantitative estimate of drug-likeness (QED) is 0.311. The van der Waals surface area contributed by atoms with Crippen LogP contribution < -0.4 is 9.47 Å². The third kappa shape index (κ3) is 2.43. The van der Waals surface area contributed by atoms with E-state index in [4.69, 9.17) is 9.47 Å². The van der Waals surface area contributed by atoms with Crippen LogP contribution in [0.4, 0.5) is 26.3 Å². The van der Waals surface area contributed by atoms with Crippen LogP contribution in [0, 0.1) is 0 Å². The summed E-state index contributed by atoms with van der Waals surface area (Å²) in [4.78, 5) is 0. The molecular formula is C24H14F6O2. The summed E-state index contributed by atoms with van der Waals surface area (Å²) in [5.41, 5.74) is 0. The number of rotatable bonds is 4. The number of alkyl halides is 6. The second kappa shape index (κ2) is 6.54. The molecule has 1 unspecified atom stereocenters. The number of benzene rings is 4. The minimum Gasteiger partial charge on any atom is -0.446 e. The van der Waals surface area contributed by atoms with E-state index in [-0.39, 0.29) is 10.8 Å². The third-order valence-corrected chi connectivity index (χ3v) is 5.62. The number of halogens is 6. The van der Waals surface area contributed by atoms with E-state index < -0.39 is 35.1 Å². The Morgan fingerprint density at radius 1 is 0.438 bits per heavy atom. The molecule has 164 valence electrons. The molecular weight excluding hydrogens is 434 g/mol. The van der Waals surface area contributed by atoms with Gasteiger partial charge in [0.25, 0.3) is 0 Å². The monoisotopic (exact) mass is 448 g/mol. The molecule has 2 atom stereocenters. The number of hydrogen-bond acceptors (Lipinski definition) is 2. The van der Waals surface area contributed by atoms with Gasteiger partial charge in [-0.05, 0) is 22.9 Å². The highest BCUT2D eigenvalue weighted by Crippen LogP contribution is 2.68. The van der Waals surface area contributed by atoms with Gasteiger partial charge >= 0.3 is 23.6 Å². The Hall–Kier alpha value is -3.42. The van der Waals surface area contributed by atoms with E-state index in [1.807, 2.05) is 0 Å². The Morgan fingerprint density at radius 2 is 0.781 bits per heavy atom. The average Bonchev–Trinajstić information content (AvgIpc) is 2.78. The molecule has 2 nitrogen and oxygen atoms in total. The summed E-state index contributed by atoms with van der Waals surface area (Å²) in [6, 6.07) is 20.3. The van der Waals surface area contributed by atoms with Gasteiger partial charge in [-0.2, -0.15) is 26.3 Å². The lowest BCUT2D eigenvalue weighted by Crippen LogP contribution is -2.89. The first-order chi connectivity index (χ1) is 15.1. The Kier molecular flexibility index (Phi) is 4.19. The maximum atomic E-state index is 15.6. The Morgan fingerprint density at radius 3 is 1.19 bits per heavy atom. The summed E-state index contributed by atoms with van der Waals surface area (Å²) in [5.74, 6) is -21.7. The van der Waals surface area contributed by atoms with Crippen molar-refractivity contribution in [2.45, 2.75) is 23.6 Å². The fourth-order valence-corrected chi connectivity index (χ4v) is 3.88. The van der Waals surface area contributed by atoms with Crippen LogP contribution in [0.5, 0.6) is 11.5 Å². The highest BCUT2D eigenvalue weighted by molar-refractivity contribution is 5.89. The van der Waals surface area contributed by atoms with Gasteiger partial charge in [-0.25, -0.2) is 0 Å². The van der Waals surface area contributed by atoms with Gasteiger partial charge < -0.3 is 9.47 Å². The van der Waals surface area contributed by atoms with Gasteiger partial charge in [0, 0.05) is 10.8 Å². The minimum atomic E-state index is -5.50. The summed E-state index contributed by atoms with van der Waals surface area (Å²) in [5, 5.41) is 1.21. The zero-order valence-electron chi connectivity index (χ0n) is 16.2. The van der Waals surface area contributed by atoms with E-state index in [9.17, 15) is 17.6 Å². The van der Waals surface area contributed by atoms with Gasteiger partial charge in [0.05, 0.1) is 0 Å². The lowest BCUT2D eigenvalue weighted by atomic mass is 9.76. The summed E-state index contributed by atoms with van der Waals surface area (Å²) < 4.78 is 98.1. The highest BCUT2D eigenvalue weighted by Gasteiger charge is 3.03. The summed E-state index contributed by atoms with van der Waals surface area (Å²) in [6.07, 6.45) is 0. The molecule has 4 aromatic rings. The molecule has 1 saturated carbocycles. The fraction of sp³-hybridized carbons (Fsp3) is 0.167. The molecule has 0 bridgehead atoms. The van der Waals surface area contributed by atoms with Crippen LogP contribution in [0.2, 0.25) is 0 Å². The fourth-order valence-electron chi connectivity index (χ4n) is 3.88. The Labute approximate surface area is 178 Å². The van der Waals surface area contributed by atoms with Crippen molar-refractivity contribution in [3.8, 4) is 11.5 Å². The van der Waals surface area contributed by atoms with Gasteiger partial charge in [-0.3, -0.25) is 0 Å². The minimum absolute atomic E-state index is 0.144. The summed E-state index contributed by atoms with van der Waals surface area (Å²) in [6.45, 7) is 0. The normalized spacial score (nSPS) is 25.9. The van der Waals surface area contributed by atoms with Crippen molar-refractivity contribution in [2.24, 2.45) is 0 Å². The van der Waals surface area contributed by atoms with Crippen molar-refractivity contribution < 1.29 is 35.8 Å². The smallest absolute Gasteiger partial charge is 0.395 e. The van der Waals surface area contributed by atoms with Crippen LogP contribution >= 0.6 is 0 Å². The molecule has 1 aliphatic carbocycles. The maximum absolute atomic E-state index is 15.6. The zero-order valence-corrected chi connectivity index (χ0v) is 16.2. The van der Waals surface area contributed by atoms with Crippen LogP contribution in [0.3, 0.4) is 0 Å². The van der Waals surface area contributed by atoms with Crippen LogP contribution in [0.25, 0.3) is 21.5 Å². The van der Waals surface area contributed by atoms with Crippen LogP contribution in [0.15, 0.2) is 84.9 Å². The van der Waals surface area contributed by atoms with Crippen LogP contribution in [-0.4, -0.2) is 23.6 Å². The molecule has 0 amide bonds. The third-order valence-electron chi connectivity index (χ3n) is 5.62. The van der Waals surface area contributed by atoms with E-state index in [0.29, 0.717) is 10.8 Å². The topological polar surface area (TPSA) is 18.5 Å². The van der Waals surface area contributed by atoms with E-state index in [0.717, 1.165) is 12.1 Å². The molecule has 1 aliphatic rings. The first kappa shape index (κ1) is 20.5. The molecule has 8 heteroatoms. The first-order valence-corrected chi connectivity index (χ1v) is 9.59. The molecule has 0 saturated heterocycles. The Bertz CT molecular complexity index is 1230. The predicted octanol–water partition coefficient (Wildman–Crippen LogP) is 7.07. The number of hydrogen-bond donors (Lipinski definition) is 0. The van der Waals surface area contributed by atoms with Crippen LogP contribution in [-0.2, 0) is 0 Å². The summed E-state index contributed by atoms with van der Waals surface area (Å²) in [7, 11) is 0. The molecule has 0 N–H and O–H groups in total. The van der Waals surface area contributed by atoms with E-state index >= 15 is 8.78 Å². The van der Waals surface area contributed by atoms with E-state index in [1.165, 1.54) is 36.4 Å². The van der Waals surface area contributed by atoms with Gasteiger partial charge in [-0.15, -0.1) is 0 Å². The molecule has 0 aliphatic heterocycles. The van der Waals surface area contributed by atoms with E-state index in [1.54, 1.807) is 36.4 Å². The van der Waals surface area contributed by atoms with E-state index in [2.05, 4.69) is 0 Å². The predicted molar refractivity (Wildman–Crippen MR) is 107 cm³/mol. The second-order valence-electron chi connectivity index (χ2n) is 7.50. The van der Waals surface area contributed by atoms with Crippen molar-refractivity contribution >= 4 is 21.5 Å². The van der Waals surface area contributed by atoms with Crippen molar-refractivity contribution in [3.63, 3.8) is 0 Å². The molecule has 5 rings (SSSR count). The molecule has 1 fully saturated rings. The molecule has 0 spiro atoms. The number of ether oxygens (including phenoxy) is 2. The van der Waals surface area contributed by atoms with Crippen LogP contribution in [0.1, 0.15) is 0 Å². The van der Waals surface area contributed by atoms with Crippen molar-refractivity contribution in [1.82, 2.24) is 0 Å². The molecule has 0 radical (unpaired) electrons. The van der Waals surface area contributed by atoms with Crippen molar-refractivity contribution in [1.29, 1.82) is 0 Å². The molecule has 4 aromatic carbocycles.